The number of likely N-dealkylation sites (N-methyl/N-ethyl adjacent to an activating group) is 1. The third kappa shape index (κ3) is 2.48. The van der Waals surface area contributed by atoms with E-state index in [1.165, 1.54) is 0 Å². The average molecular weight is 288 g/mol. The number of aryl methyl sites for hydroxylation is 1. The van der Waals surface area contributed by atoms with Gasteiger partial charge in [0.05, 0.1) is 6.33 Å². The van der Waals surface area contributed by atoms with Gasteiger partial charge in [-0.2, -0.15) is 0 Å². The summed E-state index contributed by atoms with van der Waals surface area (Å²) >= 11 is 0. The van der Waals surface area contributed by atoms with Gasteiger partial charge in [-0.15, -0.1) is 0 Å². The predicted molar refractivity (Wildman–Crippen MR) is 84.5 cm³/mol. The van der Waals surface area contributed by atoms with Gasteiger partial charge in [-0.1, -0.05) is 13.8 Å². The van der Waals surface area contributed by atoms with Crippen molar-refractivity contribution in [2.24, 2.45) is 0 Å². The van der Waals surface area contributed by atoms with Crippen LogP contribution in [0.5, 0.6) is 0 Å². The second-order valence-electron chi connectivity index (χ2n) is 5.55. The summed E-state index contributed by atoms with van der Waals surface area (Å²) in [5.74, 6) is 0.995. The Bertz CT molecular complexity index is 607. The molecule has 1 aliphatic rings. The van der Waals surface area contributed by atoms with Gasteiger partial charge in [0.15, 0.2) is 17.0 Å². The van der Waals surface area contributed by atoms with Gasteiger partial charge in [-0.3, -0.25) is 4.90 Å². The first kappa shape index (κ1) is 14.3. The van der Waals surface area contributed by atoms with E-state index in [1.807, 2.05) is 6.33 Å². The Morgan fingerprint density at radius 3 is 2.67 bits per heavy atom. The predicted octanol–water partition coefficient (Wildman–Crippen LogP) is 1.77. The second-order valence-corrected chi connectivity index (χ2v) is 5.55. The van der Waals surface area contributed by atoms with Crippen LogP contribution in [-0.4, -0.2) is 56.6 Å². The average Bonchev–Trinajstić information content (AvgIpc) is 2.97. The molecular weight excluding hydrogens is 264 g/mol. The van der Waals surface area contributed by atoms with Gasteiger partial charge in [-0.25, -0.2) is 15.0 Å². The molecule has 6 nitrogen and oxygen atoms in total. The Balaban J connectivity index is 1.97. The molecule has 21 heavy (non-hydrogen) atoms. The fourth-order valence-electron chi connectivity index (χ4n) is 3.15. The zero-order chi connectivity index (χ0) is 14.8. The van der Waals surface area contributed by atoms with E-state index < -0.39 is 0 Å². The summed E-state index contributed by atoms with van der Waals surface area (Å²) in [6.07, 6.45) is 4.66. The van der Waals surface area contributed by atoms with E-state index in [9.17, 15) is 0 Å². The van der Waals surface area contributed by atoms with E-state index in [2.05, 4.69) is 50.1 Å². The van der Waals surface area contributed by atoms with Crippen LogP contribution >= 0.6 is 0 Å². The normalized spacial score (nSPS) is 20.3. The molecule has 2 aromatic heterocycles. The lowest BCUT2D eigenvalue weighted by Crippen LogP contribution is -2.53. The molecule has 3 rings (SSSR count). The highest BCUT2D eigenvalue weighted by Crippen LogP contribution is 2.26. The molecule has 0 radical (unpaired) electrons. The highest BCUT2D eigenvalue weighted by molar-refractivity contribution is 5.83. The van der Waals surface area contributed by atoms with Crippen LogP contribution in [0.15, 0.2) is 12.7 Å². The molecule has 1 fully saturated rings. The molecule has 0 spiro atoms. The molecule has 0 bridgehead atoms. The topological polar surface area (TPSA) is 50.1 Å². The summed E-state index contributed by atoms with van der Waals surface area (Å²) in [6, 6.07) is 0.503. The van der Waals surface area contributed by atoms with Gasteiger partial charge in [-0.05, 0) is 19.9 Å². The van der Waals surface area contributed by atoms with E-state index in [0.717, 1.165) is 56.1 Å². The van der Waals surface area contributed by atoms with Crippen molar-refractivity contribution in [2.75, 3.05) is 31.1 Å². The Kier molecular flexibility index (Phi) is 4.05. The van der Waals surface area contributed by atoms with Crippen molar-refractivity contribution in [1.29, 1.82) is 0 Å². The van der Waals surface area contributed by atoms with E-state index >= 15 is 0 Å². The van der Waals surface area contributed by atoms with E-state index in [-0.39, 0.29) is 0 Å². The van der Waals surface area contributed by atoms with Crippen LogP contribution in [0.1, 0.15) is 27.2 Å². The van der Waals surface area contributed by atoms with Crippen molar-refractivity contribution >= 4 is 17.0 Å². The first-order valence-electron chi connectivity index (χ1n) is 7.93. The molecule has 6 heteroatoms. The number of hydrogen-bond donors (Lipinski definition) is 0. The summed E-state index contributed by atoms with van der Waals surface area (Å²) in [5.41, 5.74) is 1.87. The molecule has 1 aliphatic heterocycles. The number of imidazole rings is 1. The zero-order valence-electron chi connectivity index (χ0n) is 13.2. The molecule has 1 atom stereocenters. The maximum absolute atomic E-state index is 4.56. The number of fused-ring (bicyclic) bond motifs is 1. The Morgan fingerprint density at radius 1 is 1.10 bits per heavy atom. The molecule has 3 heterocycles. The fraction of sp³-hybridized carbons (Fsp3) is 0.667. The van der Waals surface area contributed by atoms with Crippen LogP contribution in [0.4, 0.5) is 5.82 Å². The summed E-state index contributed by atoms with van der Waals surface area (Å²) in [4.78, 5) is 18.4. The summed E-state index contributed by atoms with van der Waals surface area (Å²) in [6.45, 7) is 11.8. The number of anilines is 1. The standard InChI is InChI=1S/C15H24N6/c1-4-12-9-19(5-2)7-8-21(12)15-13-14(16-10-17-15)20(6-3)11-18-13/h10-12H,4-9H2,1-3H3. The lowest BCUT2D eigenvalue weighted by Gasteiger charge is -2.41. The molecule has 0 amide bonds. The van der Waals surface area contributed by atoms with Crippen molar-refractivity contribution in [3.05, 3.63) is 12.7 Å². The maximum Gasteiger partial charge on any atom is 0.165 e. The van der Waals surface area contributed by atoms with Crippen LogP contribution in [0.3, 0.4) is 0 Å². The Labute approximate surface area is 125 Å². The third-order valence-corrected chi connectivity index (χ3v) is 4.48. The van der Waals surface area contributed by atoms with Crippen LogP contribution in [-0.2, 0) is 6.54 Å². The van der Waals surface area contributed by atoms with E-state index in [0.29, 0.717) is 6.04 Å². The van der Waals surface area contributed by atoms with Crippen molar-refractivity contribution in [3.8, 4) is 0 Å². The maximum atomic E-state index is 4.56. The van der Waals surface area contributed by atoms with Gasteiger partial charge in [0.25, 0.3) is 0 Å². The highest BCUT2D eigenvalue weighted by Gasteiger charge is 2.28. The van der Waals surface area contributed by atoms with Gasteiger partial charge in [0, 0.05) is 32.2 Å². The molecule has 114 valence electrons. The smallest absolute Gasteiger partial charge is 0.165 e. The molecule has 0 N–H and O–H groups in total. The van der Waals surface area contributed by atoms with Gasteiger partial charge in [0.2, 0.25) is 0 Å². The quantitative estimate of drug-likeness (QED) is 0.858. The lowest BCUT2D eigenvalue weighted by atomic mass is 10.1. The second kappa shape index (κ2) is 5.97. The Hall–Kier alpha value is -1.69. The monoisotopic (exact) mass is 288 g/mol. The molecule has 2 aromatic rings. The van der Waals surface area contributed by atoms with Crippen LogP contribution in [0, 0.1) is 0 Å². The van der Waals surface area contributed by atoms with Crippen LogP contribution in [0.25, 0.3) is 11.2 Å². The molecule has 0 saturated carbocycles. The highest BCUT2D eigenvalue weighted by atomic mass is 15.3. The minimum absolute atomic E-state index is 0.503. The van der Waals surface area contributed by atoms with Crippen molar-refractivity contribution < 1.29 is 0 Å². The number of aromatic nitrogens is 4. The minimum atomic E-state index is 0.503. The molecule has 1 unspecified atom stereocenters. The number of rotatable bonds is 4. The van der Waals surface area contributed by atoms with Gasteiger partial charge in [0.1, 0.15) is 6.33 Å². The lowest BCUT2D eigenvalue weighted by molar-refractivity contribution is 0.229. The third-order valence-electron chi connectivity index (χ3n) is 4.48. The molecule has 1 saturated heterocycles. The molecule has 0 aromatic carbocycles. The van der Waals surface area contributed by atoms with Crippen molar-refractivity contribution in [1.82, 2.24) is 24.4 Å². The zero-order valence-corrected chi connectivity index (χ0v) is 13.2. The van der Waals surface area contributed by atoms with Gasteiger partial charge >= 0.3 is 0 Å². The Morgan fingerprint density at radius 2 is 1.95 bits per heavy atom. The first-order valence-corrected chi connectivity index (χ1v) is 7.93. The van der Waals surface area contributed by atoms with Crippen LogP contribution < -0.4 is 4.90 Å². The largest absolute Gasteiger partial charge is 0.349 e. The van der Waals surface area contributed by atoms with Crippen molar-refractivity contribution in [2.45, 2.75) is 39.8 Å². The van der Waals surface area contributed by atoms with Crippen molar-refractivity contribution in [3.63, 3.8) is 0 Å². The number of hydrogen-bond acceptors (Lipinski definition) is 5. The van der Waals surface area contributed by atoms with E-state index in [1.54, 1.807) is 6.33 Å². The number of piperazine rings is 1. The minimum Gasteiger partial charge on any atom is -0.349 e. The summed E-state index contributed by atoms with van der Waals surface area (Å²) in [5, 5.41) is 0. The molecular formula is C15H24N6. The molecule has 0 aliphatic carbocycles. The van der Waals surface area contributed by atoms with E-state index in [4.69, 9.17) is 0 Å². The fourth-order valence-corrected chi connectivity index (χ4v) is 3.15. The van der Waals surface area contributed by atoms with Crippen LogP contribution in [0.2, 0.25) is 0 Å². The number of nitrogens with zero attached hydrogens (tertiary/aromatic N) is 6. The van der Waals surface area contributed by atoms with Gasteiger partial charge < -0.3 is 9.47 Å². The first-order chi connectivity index (χ1) is 10.3. The summed E-state index contributed by atoms with van der Waals surface area (Å²) < 4.78 is 2.07. The summed E-state index contributed by atoms with van der Waals surface area (Å²) in [7, 11) is 0. The SMILES string of the molecule is CCC1CN(CC)CCN1c1ncnc2c1ncn2CC.